The number of hydrogen-bond donors (Lipinski definition) is 2. The first kappa shape index (κ1) is 19.9. The zero-order valence-corrected chi connectivity index (χ0v) is 17.3. The molecular weight excluding hydrogens is 378 g/mol. The first-order valence-corrected chi connectivity index (χ1v) is 10.0. The fourth-order valence-corrected chi connectivity index (χ4v) is 3.94. The van der Waals surface area contributed by atoms with Gasteiger partial charge in [0.2, 0.25) is 0 Å². The van der Waals surface area contributed by atoms with Gasteiger partial charge in [0.15, 0.2) is 5.11 Å². The van der Waals surface area contributed by atoms with Gasteiger partial charge in [0.1, 0.15) is 5.75 Å². The van der Waals surface area contributed by atoms with E-state index in [9.17, 15) is 0 Å². The lowest BCUT2D eigenvalue weighted by atomic mass is 10.1. The molecule has 2 aromatic rings. The second-order valence-electron chi connectivity index (χ2n) is 6.92. The quantitative estimate of drug-likeness (QED) is 0.682. The summed E-state index contributed by atoms with van der Waals surface area (Å²) in [5.74, 6) is 1.25. The van der Waals surface area contributed by atoms with Crippen LogP contribution in [-0.4, -0.2) is 36.8 Å². The van der Waals surface area contributed by atoms with E-state index in [2.05, 4.69) is 52.8 Å². The van der Waals surface area contributed by atoms with Crippen LogP contribution in [0.5, 0.6) is 5.75 Å². The van der Waals surface area contributed by atoms with E-state index in [1.54, 1.807) is 7.11 Å². The molecule has 1 aliphatic heterocycles. The SMILES string of the molecule is COc1ccc(NC(=S)NCC2CCN(C(C)c3ccccc3)C2)cc1Cl. The Morgan fingerprint density at radius 1 is 1.30 bits per heavy atom. The van der Waals surface area contributed by atoms with Crippen LogP contribution in [0.1, 0.15) is 24.9 Å². The predicted octanol–water partition coefficient (Wildman–Crippen LogP) is 4.72. The van der Waals surface area contributed by atoms with Gasteiger partial charge in [-0.3, -0.25) is 4.90 Å². The summed E-state index contributed by atoms with van der Waals surface area (Å²) in [6.07, 6.45) is 1.18. The van der Waals surface area contributed by atoms with Crippen LogP contribution in [0.15, 0.2) is 48.5 Å². The first-order chi connectivity index (χ1) is 13.1. The van der Waals surface area contributed by atoms with Crippen LogP contribution in [0.25, 0.3) is 0 Å². The van der Waals surface area contributed by atoms with Crippen molar-refractivity contribution in [3.8, 4) is 5.75 Å². The summed E-state index contributed by atoms with van der Waals surface area (Å²) in [5.41, 5.74) is 2.23. The van der Waals surface area contributed by atoms with Crippen LogP contribution in [-0.2, 0) is 0 Å². The average molecular weight is 404 g/mol. The third-order valence-corrected chi connectivity index (χ3v) is 5.65. The molecule has 1 heterocycles. The molecule has 0 aliphatic carbocycles. The Morgan fingerprint density at radius 2 is 2.07 bits per heavy atom. The van der Waals surface area contributed by atoms with Crippen LogP contribution in [0.4, 0.5) is 5.69 Å². The van der Waals surface area contributed by atoms with Gasteiger partial charge >= 0.3 is 0 Å². The highest BCUT2D eigenvalue weighted by Gasteiger charge is 2.26. The summed E-state index contributed by atoms with van der Waals surface area (Å²) in [5, 5.41) is 7.70. The standard InChI is InChI=1S/C21H26ClN3OS/c1-15(17-6-4-3-5-7-17)25-11-10-16(14-25)13-23-21(27)24-18-8-9-20(26-2)19(22)12-18/h3-9,12,15-16H,10-11,13-14H2,1-2H3,(H2,23,24,27). The summed E-state index contributed by atoms with van der Waals surface area (Å²) in [6.45, 7) is 5.36. The maximum absolute atomic E-state index is 6.16. The number of likely N-dealkylation sites (tertiary alicyclic amines) is 1. The third kappa shape index (κ3) is 5.34. The molecule has 0 spiro atoms. The number of anilines is 1. The molecule has 2 atom stereocenters. The number of halogens is 1. The highest BCUT2D eigenvalue weighted by Crippen LogP contribution is 2.28. The second kappa shape index (κ2) is 9.40. The minimum absolute atomic E-state index is 0.447. The Bertz CT molecular complexity index is 771. The molecule has 3 rings (SSSR count). The molecule has 1 saturated heterocycles. The van der Waals surface area contributed by atoms with Crippen molar-refractivity contribution in [3.63, 3.8) is 0 Å². The fraction of sp³-hybridized carbons (Fsp3) is 0.381. The van der Waals surface area contributed by atoms with E-state index < -0.39 is 0 Å². The van der Waals surface area contributed by atoms with Gasteiger partial charge in [-0.05, 0) is 61.8 Å². The summed E-state index contributed by atoms with van der Waals surface area (Å²) in [4.78, 5) is 2.54. The van der Waals surface area contributed by atoms with Crippen molar-refractivity contribution < 1.29 is 4.74 Å². The Balaban J connectivity index is 1.45. The molecule has 0 saturated carbocycles. The van der Waals surface area contributed by atoms with Crippen molar-refractivity contribution in [3.05, 3.63) is 59.1 Å². The lowest BCUT2D eigenvalue weighted by molar-refractivity contribution is 0.253. The minimum Gasteiger partial charge on any atom is -0.495 e. The van der Waals surface area contributed by atoms with Gasteiger partial charge < -0.3 is 15.4 Å². The molecule has 6 heteroatoms. The van der Waals surface area contributed by atoms with Crippen molar-refractivity contribution in [2.75, 3.05) is 32.1 Å². The Labute approximate surface area is 171 Å². The number of rotatable bonds is 6. The lowest BCUT2D eigenvalue weighted by Crippen LogP contribution is -2.34. The van der Waals surface area contributed by atoms with Crippen molar-refractivity contribution in [1.82, 2.24) is 10.2 Å². The lowest BCUT2D eigenvalue weighted by Gasteiger charge is -2.25. The van der Waals surface area contributed by atoms with Gasteiger partial charge in [0, 0.05) is 24.8 Å². The van der Waals surface area contributed by atoms with Crippen LogP contribution in [0, 0.1) is 5.92 Å². The van der Waals surface area contributed by atoms with Gasteiger partial charge in [-0.1, -0.05) is 41.9 Å². The van der Waals surface area contributed by atoms with Crippen molar-refractivity contribution in [2.24, 2.45) is 5.92 Å². The van der Waals surface area contributed by atoms with Gasteiger partial charge in [-0.2, -0.15) is 0 Å². The number of ether oxygens (including phenoxy) is 1. The van der Waals surface area contributed by atoms with Crippen molar-refractivity contribution >= 4 is 34.6 Å². The topological polar surface area (TPSA) is 36.5 Å². The van der Waals surface area contributed by atoms with Crippen LogP contribution in [0.3, 0.4) is 0 Å². The highest BCUT2D eigenvalue weighted by molar-refractivity contribution is 7.80. The molecule has 144 valence electrons. The molecule has 27 heavy (non-hydrogen) atoms. The van der Waals surface area contributed by atoms with Gasteiger partial charge in [0.05, 0.1) is 12.1 Å². The number of methoxy groups -OCH3 is 1. The molecule has 4 nitrogen and oxygen atoms in total. The van der Waals surface area contributed by atoms with E-state index in [0.29, 0.717) is 27.8 Å². The molecule has 0 amide bonds. The minimum atomic E-state index is 0.447. The molecule has 2 aromatic carbocycles. The number of nitrogens with one attached hydrogen (secondary N) is 2. The number of thiocarbonyl (C=S) groups is 1. The van der Waals surface area contributed by atoms with E-state index in [-0.39, 0.29) is 0 Å². The zero-order chi connectivity index (χ0) is 19.2. The summed E-state index contributed by atoms with van der Waals surface area (Å²) < 4.78 is 5.17. The van der Waals surface area contributed by atoms with Crippen LogP contribution < -0.4 is 15.4 Å². The molecule has 2 N–H and O–H groups in total. The third-order valence-electron chi connectivity index (χ3n) is 5.11. The summed E-state index contributed by atoms with van der Waals surface area (Å²) in [6, 6.07) is 16.7. The van der Waals surface area contributed by atoms with Crippen LogP contribution in [0.2, 0.25) is 5.02 Å². The first-order valence-electron chi connectivity index (χ1n) is 9.24. The van der Waals surface area contributed by atoms with Crippen molar-refractivity contribution in [2.45, 2.75) is 19.4 Å². The molecule has 1 aliphatic rings. The second-order valence-corrected chi connectivity index (χ2v) is 7.74. The van der Waals surface area contributed by atoms with Gasteiger partial charge in [0.25, 0.3) is 0 Å². The molecule has 0 aromatic heterocycles. The summed E-state index contributed by atoms with van der Waals surface area (Å²) in [7, 11) is 1.60. The van der Waals surface area contributed by atoms with E-state index in [0.717, 1.165) is 25.3 Å². The normalized spacial score (nSPS) is 18.1. The average Bonchev–Trinajstić information content (AvgIpc) is 3.16. The molecule has 2 unspecified atom stereocenters. The Kier molecular flexibility index (Phi) is 6.94. The highest BCUT2D eigenvalue weighted by atomic mass is 35.5. The van der Waals surface area contributed by atoms with E-state index in [4.69, 9.17) is 28.6 Å². The zero-order valence-electron chi connectivity index (χ0n) is 15.7. The fourth-order valence-electron chi connectivity index (χ4n) is 3.48. The maximum Gasteiger partial charge on any atom is 0.170 e. The van der Waals surface area contributed by atoms with Crippen LogP contribution >= 0.6 is 23.8 Å². The number of nitrogens with zero attached hydrogens (tertiary/aromatic N) is 1. The van der Waals surface area contributed by atoms with E-state index in [1.165, 1.54) is 12.0 Å². The smallest absolute Gasteiger partial charge is 0.170 e. The van der Waals surface area contributed by atoms with Gasteiger partial charge in [-0.15, -0.1) is 0 Å². The molecular formula is C21H26ClN3OS. The Morgan fingerprint density at radius 3 is 2.78 bits per heavy atom. The number of hydrogen-bond acceptors (Lipinski definition) is 3. The predicted molar refractivity (Wildman–Crippen MR) is 117 cm³/mol. The Hall–Kier alpha value is -1.82. The monoisotopic (exact) mass is 403 g/mol. The molecule has 1 fully saturated rings. The summed E-state index contributed by atoms with van der Waals surface area (Å²) >= 11 is 11.6. The molecule has 0 bridgehead atoms. The van der Waals surface area contributed by atoms with Crippen molar-refractivity contribution in [1.29, 1.82) is 0 Å². The van der Waals surface area contributed by atoms with Gasteiger partial charge in [-0.25, -0.2) is 0 Å². The maximum atomic E-state index is 6.16. The van der Waals surface area contributed by atoms with E-state index in [1.807, 2.05) is 18.2 Å². The van der Waals surface area contributed by atoms with E-state index >= 15 is 0 Å². The number of benzene rings is 2. The largest absolute Gasteiger partial charge is 0.495 e. The molecule has 0 radical (unpaired) electrons.